The zero-order chi connectivity index (χ0) is 97.8. The number of nitrogens with zero attached hydrogens (tertiary/aromatic N) is 20. The van der Waals surface area contributed by atoms with Crippen LogP contribution in [0, 0.1) is 156 Å². The van der Waals surface area contributed by atoms with Gasteiger partial charge in [-0.05, 0) is 168 Å². The molecule has 5 aromatic heterocycles. The number of para-hydroxylation sites is 2. The average Bonchev–Trinajstić information content (AvgIpc) is 1.63. The fourth-order valence-electron chi connectivity index (χ4n) is 17.2. The van der Waals surface area contributed by atoms with Crippen molar-refractivity contribution >= 4 is 39.8 Å². The summed E-state index contributed by atoms with van der Waals surface area (Å²) >= 11 is 0. The van der Waals surface area contributed by atoms with Gasteiger partial charge >= 0.3 is 0 Å². The SMILES string of the molecule is [C-]#[N+]c1cc(C)c(-c2cc[c-]c(-c3nnc(C)n3-c3ccccc3)c2)c(C)c1.[C-]#[N+]c1cc(C)cc(C)c1-n1ccnc1-c1[c-]cccc1.[C-]#[N+]c1cc(CC(C)C)c(-n2ccnc2-c2[c-]cccc2)c(CC(C)C)c1.[C-]#[N+]c1ccc(C)c(-c2nnc(-c3[c-]cccc3)n2-c2c(C)c([N+]#[C-])cc([N+]#[C-])c2C)c1.[C-]#[N+]c1cccc(CC(C)C)c1-n1c(-c2[c-]cccc2)nnc1-c1ccccc1C.[Ir].[Ir].[Ir].[Ir].[Ir]. The molecule has 20 nitrogen and oxygen atoms in total. The number of benzene rings is 13. The van der Waals surface area contributed by atoms with E-state index in [-0.39, 0.29) is 101 Å². The molecule has 0 amide bonds. The number of rotatable bonds is 19. The Morgan fingerprint density at radius 3 is 1.22 bits per heavy atom. The first-order valence-electron chi connectivity index (χ1n) is 45.2. The largest absolute Gasteiger partial charge is 0.349 e. The fraction of sp³-hybridized carbons (Fsp3) is 0.178. The maximum Gasteiger partial charge on any atom is 0.210 e. The fourth-order valence-corrected chi connectivity index (χ4v) is 17.2. The Balaban J connectivity index is 0.000000199. The van der Waals surface area contributed by atoms with Gasteiger partial charge in [0.05, 0.1) is 75.1 Å². The van der Waals surface area contributed by atoms with Crippen LogP contribution in [0.25, 0.3) is 153 Å². The summed E-state index contributed by atoms with van der Waals surface area (Å²) in [5.74, 6) is 7.27. The van der Waals surface area contributed by atoms with Crippen molar-refractivity contribution in [3.63, 3.8) is 0 Å². The van der Waals surface area contributed by atoms with Crippen molar-refractivity contribution in [2.75, 3.05) is 0 Å². The molecule has 0 aliphatic heterocycles. The smallest absolute Gasteiger partial charge is 0.210 e. The number of hydrogen-bond acceptors (Lipinski definition) is 8. The Kier molecular flexibility index (Phi) is 40.9. The van der Waals surface area contributed by atoms with Crippen molar-refractivity contribution < 1.29 is 101 Å². The molecule has 0 saturated heterocycles. The maximum atomic E-state index is 7.82. The van der Waals surface area contributed by atoms with Gasteiger partial charge in [-0.15, -0.1) is 194 Å². The van der Waals surface area contributed by atoms with Crippen LogP contribution in [0.5, 0.6) is 0 Å². The molecule has 143 heavy (non-hydrogen) atoms. The van der Waals surface area contributed by atoms with Crippen LogP contribution in [0.2, 0.25) is 0 Å². The van der Waals surface area contributed by atoms with E-state index in [1.54, 1.807) is 30.5 Å². The van der Waals surface area contributed by atoms with Crippen LogP contribution >= 0.6 is 0 Å². The standard InChI is InChI=1S/C26H17N6.C26H23N4.C24H19N4.C24H26N3.C18H14N3.5Ir/c1-16-12-13-20(27-4)14-21(16)26-31-30-25(19-10-8-7-9-11-19)32(26)24-17(2)22(28-5)15-23(29-6)18(24)3;1-18(2)17-21-14-10-16-23(27-4)24(21)30-25(20-12-6-5-7-13-20)28-29-26(30)22-15-9-8-11-19(22)3;1-16-13-21(25-4)14-17(2)23(16)19-9-8-10-20(15-19)24-27-26-18(3)28(24)22-11-6-5-7-12-22;1-17(2)13-20-15-22(25-5)16-21(14-18(3)4)23(20)27-12-11-26-24(27)19-9-7-6-8-10-19;1-13-11-14(2)17(16(12-13)19-3)21-10-9-20-18(21)15-7-5-4-6-8-15;;;;;/h7-10,12-15H,1-3H3;5-12,14-16,18H,17H2,1-3H3;5-9,11-15H,1-3H3;6-9,11-12,15-18H,13-14H2,1-4H3;4-7,9-12H,1-2H3;;;;;/q5*-1;;;;;. The van der Waals surface area contributed by atoms with Crippen LogP contribution < -0.4 is 0 Å². The Labute approximate surface area is 906 Å². The van der Waals surface area contributed by atoms with Crippen molar-refractivity contribution in [1.29, 1.82) is 0 Å². The van der Waals surface area contributed by atoms with E-state index in [2.05, 4.69) is 188 Å². The molecule has 5 heterocycles. The topological polar surface area (TPSA) is 158 Å². The van der Waals surface area contributed by atoms with Crippen LogP contribution in [0.1, 0.15) is 109 Å². The van der Waals surface area contributed by atoms with E-state index in [1.807, 2.05) is 286 Å². The summed E-state index contributed by atoms with van der Waals surface area (Å²) < 4.78 is 10.1. The van der Waals surface area contributed by atoms with E-state index in [0.717, 1.165) is 171 Å². The minimum absolute atomic E-state index is 0. The Morgan fingerprint density at radius 1 is 0.294 bits per heavy atom. The van der Waals surface area contributed by atoms with E-state index in [9.17, 15) is 0 Å². The predicted octanol–water partition coefficient (Wildman–Crippen LogP) is 30.1. The van der Waals surface area contributed by atoms with Gasteiger partial charge in [0, 0.05) is 165 Å². The molecular weight excluding hydrogens is 2660 g/mol. The summed E-state index contributed by atoms with van der Waals surface area (Å²) in [5, 5.41) is 26.8. The molecule has 0 aliphatic rings. The first-order valence-corrected chi connectivity index (χ1v) is 45.2. The Bertz CT molecular complexity index is 7710. The van der Waals surface area contributed by atoms with E-state index in [0.29, 0.717) is 75.0 Å². The zero-order valence-electron chi connectivity index (χ0n) is 81.4. The Hall–Kier alpha value is -14.6. The molecule has 0 spiro atoms. The van der Waals surface area contributed by atoms with E-state index in [4.69, 9.17) is 46.0 Å². The van der Waals surface area contributed by atoms with Crippen LogP contribution in [-0.2, 0) is 120 Å². The molecule has 0 fully saturated rings. The van der Waals surface area contributed by atoms with Crippen molar-refractivity contribution in [1.82, 2.24) is 63.4 Å². The van der Waals surface area contributed by atoms with Gasteiger partial charge in [-0.25, -0.2) is 33.9 Å². The summed E-state index contributed by atoms with van der Waals surface area (Å²) in [7, 11) is 0. The van der Waals surface area contributed by atoms with Crippen molar-refractivity contribution in [3.8, 4) is 119 Å². The minimum atomic E-state index is 0. The van der Waals surface area contributed by atoms with Crippen molar-refractivity contribution in [3.05, 3.63) is 451 Å². The average molecular weight is 2760 g/mol. The molecule has 0 aliphatic carbocycles. The first kappa shape index (κ1) is 112. The second-order valence-corrected chi connectivity index (χ2v) is 34.7. The third-order valence-corrected chi connectivity index (χ3v) is 23.2. The number of aromatic nitrogens is 13. The second kappa shape index (κ2) is 52.2. The molecule has 25 heteroatoms. The van der Waals surface area contributed by atoms with Gasteiger partial charge in [-0.3, -0.25) is 9.97 Å². The summed E-state index contributed by atoms with van der Waals surface area (Å²) in [5.41, 5.74) is 28.3. The quantitative estimate of drug-likeness (QED) is 0.0724. The summed E-state index contributed by atoms with van der Waals surface area (Å²) in [4.78, 5) is 34.7. The monoisotopic (exact) mass is 2760 g/mol. The first-order chi connectivity index (χ1) is 66.9. The second-order valence-electron chi connectivity index (χ2n) is 34.7. The van der Waals surface area contributed by atoms with Gasteiger partial charge < -0.3 is 22.8 Å². The molecule has 0 N–H and O–H groups in total. The molecule has 5 radical (unpaired) electrons. The van der Waals surface area contributed by atoms with E-state index < -0.39 is 0 Å². The van der Waals surface area contributed by atoms with Crippen LogP contribution in [0.3, 0.4) is 0 Å². The van der Waals surface area contributed by atoms with E-state index in [1.165, 1.54) is 16.8 Å². The van der Waals surface area contributed by atoms with Crippen molar-refractivity contribution in [2.45, 2.75) is 123 Å². The third-order valence-electron chi connectivity index (χ3n) is 23.2. The van der Waals surface area contributed by atoms with Gasteiger partial charge in [0.15, 0.2) is 40.1 Å². The molecule has 0 atom stereocenters. The van der Waals surface area contributed by atoms with Crippen LogP contribution in [0.15, 0.2) is 274 Å². The molecule has 721 valence electrons. The van der Waals surface area contributed by atoms with Crippen LogP contribution in [-0.4, -0.2) is 63.4 Å². The third kappa shape index (κ3) is 25.8. The van der Waals surface area contributed by atoms with Gasteiger partial charge in [-0.2, -0.15) is 15.3 Å². The Morgan fingerprint density at radius 2 is 0.727 bits per heavy atom. The van der Waals surface area contributed by atoms with Gasteiger partial charge in [0.1, 0.15) is 5.82 Å². The molecular formula is C118H99Ir5N20-5. The van der Waals surface area contributed by atoms with Crippen LogP contribution in [0.4, 0.5) is 39.8 Å². The molecule has 0 unspecified atom stereocenters. The number of aryl methyl sites for hydroxylation is 7. The molecule has 0 saturated carbocycles. The van der Waals surface area contributed by atoms with E-state index >= 15 is 0 Å². The zero-order valence-corrected chi connectivity index (χ0v) is 93.4. The van der Waals surface area contributed by atoms with Gasteiger partial charge in [0.25, 0.3) is 0 Å². The van der Waals surface area contributed by atoms with Gasteiger partial charge in [0.2, 0.25) is 11.4 Å². The molecule has 0 bridgehead atoms. The molecule has 13 aromatic carbocycles. The number of imidazole rings is 2. The minimum Gasteiger partial charge on any atom is -0.349 e. The predicted molar refractivity (Wildman–Crippen MR) is 551 cm³/mol. The normalized spacial score (nSPS) is 10.3. The maximum absolute atomic E-state index is 7.82. The summed E-state index contributed by atoms with van der Waals surface area (Å²) in [6.45, 7) is 83.8. The molecule has 18 rings (SSSR count). The van der Waals surface area contributed by atoms with Crippen molar-refractivity contribution in [2.24, 2.45) is 17.8 Å². The summed E-state index contributed by atoms with van der Waals surface area (Å²) in [6, 6.07) is 96.4. The number of hydrogen-bond donors (Lipinski definition) is 0. The summed E-state index contributed by atoms with van der Waals surface area (Å²) in [6.07, 6.45) is 10.2. The van der Waals surface area contributed by atoms with Gasteiger partial charge in [-0.1, -0.05) is 173 Å². The molecule has 18 aromatic rings.